The summed E-state index contributed by atoms with van der Waals surface area (Å²) in [7, 11) is 0. The van der Waals surface area contributed by atoms with Crippen molar-refractivity contribution in [1.29, 1.82) is 0 Å². The molecule has 2 rings (SSSR count). The van der Waals surface area contributed by atoms with E-state index in [-0.39, 0.29) is 12.1 Å². The first-order valence-corrected chi connectivity index (χ1v) is 6.95. The number of rotatable bonds is 3. The van der Waals surface area contributed by atoms with Gasteiger partial charge >= 0.3 is 0 Å². The lowest BCUT2D eigenvalue weighted by molar-refractivity contribution is 0.0590. The van der Waals surface area contributed by atoms with Crippen molar-refractivity contribution in [2.45, 2.75) is 52.6 Å². The van der Waals surface area contributed by atoms with Crippen LogP contribution in [0.25, 0.3) is 0 Å². The van der Waals surface area contributed by atoms with Gasteiger partial charge in [0.15, 0.2) is 0 Å². The van der Waals surface area contributed by atoms with Crippen LogP contribution in [0.2, 0.25) is 0 Å². The number of aryl methyl sites for hydroxylation is 1. The monoisotopic (exact) mass is 250 g/mol. The average molecular weight is 250 g/mol. The molecule has 3 heteroatoms. The van der Waals surface area contributed by atoms with Gasteiger partial charge in [-0.3, -0.25) is 4.90 Å². The second kappa shape index (κ2) is 5.06. The van der Waals surface area contributed by atoms with Gasteiger partial charge in [-0.2, -0.15) is 0 Å². The predicted molar refractivity (Wildman–Crippen MR) is 74.4 cm³/mol. The van der Waals surface area contributed by atoms with Crippen LogP contribution in [0.15, 0.2) is 16.5 Å². The molecule has 0 aromatic carbocycles. The van der Waals surface area contributed by atoms with Gasteiger partial charge in [-0.15, -0.1) is 0 Å². The van der Waals surface area contributed by atoms with Gasteiger partial charge in [-0.25, -0.2) is 0 Å². The Morgan fingerprint density at radius 1 is 1.39 bits per heavy atom. The molecule has 0 aliphatic carbocycles. The molecule has 1 saturated heterocycles. The quantitative estimate of drug-likeness (QED) is 0.896. The second-order valence-electron chi connectivity index (χ2n) is 6.49. The number of nitrogens with two attached hydrogens (primary N) is 1. The molecule has 18 heavy (non-hydrogen) atoms. The summed E-state index contributed by atoms with van der Waals surface area (Å²) < 4.78 is 5.81. The van der Waals surface area contributed by atoms with Crippen molar-refractivity contribution in [3.05, 3.63) is 23.7 Å². The van der Waals surface area contributed by atoms with E-state index in [9.17, 15) is 0 Å². The molecule has 0 radical (unpaired) electrons. The number of likely N-dealkylation sites (tertiary alicyclic amines) is 1. The average Bonchev–Trinajstić information content (AvgIpc) is 2.63. The van der Waals surface area contributed by atoms with Crippen molar-refractivity contribution >= 4 is 0 Å². The Morgan fingerprint density at radius 3 is 2.61 bits per heavy atom. The van der Waals surface area contributed by atoms with E-state index in [4.69, 9.17) is 10.2 Å². The smallest absolute Gasteiger partial charge is 0.122 e. The molecular weight excluding hydrogens is 224 g/mol. The summed E-state index contributed by atoms with van der Waals surface area (Å²) in [6.07, 6.45) is 2.54. The Labute approximate surface area is 110 Å². The van der Waals surface area contributed by atoms with E-state index in [0.29, 0.717) is 5.41 Å². The minimum absolute atomic E-state index is 0.0875. The fraction of sp³-hybridized carbons (Fsp3) is 0.733. The van der Waals surface area contributed by atoms with Crippen molar-refractivity contribution < 1.29 is 4.42 Å². The largest absolute Gasteiger partial charge is 0.465 e. The number of piperidine rings is 1. The molecule has 0 spiro atoms. The van der Waals surface area contributed by atoms with Gasteiger partial charge in [0.1, 0.15) is 11.5 Å². The van der Waals surface area contributed by atoms with E-state index < -0.39 is 0 Å². The lowest BCUT2D eigenvalue weighted by atomic mass is 9.83. The van der Waals surface area contributed by atoms with Gasteiger partial charge in [-0.05, 0) is 50.8 Å². The van der Waals surface area contributed by atoms with E-state index >= 15 is 0 Å². The molecule has 1 aromatic heterocycles. The van der Waals surface area contributed by atoms with Crippen LogP contribution in [0.3, 0.4) is 0 Å². The first-order valence-electron chi connectivity index (χ1n) is 6.95. The number of furan rings is 1. The molecule has 0 amide bonds. The van der Waals surface area contributed by atoms with Crippen molar-refractivity contribution in [3.63, 3.8) is 0 Å². The molecule has 2 N–H and O–H groups in total. The summed E-state index contributed by atoms with van der Waals surface area (Å²) in [4.78, 5) is 2.49. The topological polar surface area (TPSA) is 42.4 Å². The van der Waals surface area contributed by atoms with Crippen molar-refractivity contribution in [2.24, 2.45) is 11.1 Å². The summed E-state index contributed by atoms with van der Waals surface area (Å²) in [6, 6.07) is 4.40. The van der Waals surface area contributed by atoms with Gasteiger partial charge in [0.25, 0.3) is 0 Å². The highest BCUT2D eigenvalue weighted by atomic mass is 16.3. The number of hydrogen-bond donors (Lipinski definition) is 1. The van der Waals surface area contributed by atoms with Gasteiger partial charge in [-0.1, -0.05) is 13.8 Å². The fourth-order valence-electron chi connectivity index (χ4n) is 3.09. The summed E-state index contributed by atoms with van der Waals surface area (Å²) in [6.45, 7) is 11.0. The standard InChI is InChI=1S/C15H26N2O/c1-11-6-7-13(18-11)14(12(2)16)17-9-5-8-15(3,4)10-17/h6-7,12,14H,5,8-10,16H2,1-4H3. The normalized spacial score (nSPS) is 23.8. The molecule has 2 heterocycles. The Kier molecular flexibility index (Phi) is 3.83. The van der Waals surface area contributed by atoms with Crippen LogP contribution in [-0.4, -0.2) is 24.0 Å². The number of nitrogens with zero attached hydrogens (tertiary/aromatic N) is 1. The van der Waals surface area contributed by atoms with Crippen LogP contribution in [0.5, 0.6) is 0 Å². The molecule has 1 fully saturated rings. The molecule has 1 aromatic rings. The van der Waals surface area contributed by atoms with Gasteiger partial charge in [0, 0.05) is 12.6 Å². The Morgan fingerprint density at radius 2 is 2.11 bits per heavy atom. The van der Waals surface area contributed by atoms with Crippen LogP contribution < -0.4 is 5.73 Å². The second-order valence-corrected chi connectivity index (χ2v) is 6.49. The predicted octanol–water partition coefficient (Wildman–Crippen LogP) is 3.10. The van der Waals surface area contributed by atoms with Crippen LogP contribution in [0.4, 0.5) is 0 Å². The van der Waals surface area contributed by atoms with E-state index in [0.717, 1.165) is 24.6 Å². The minimum atomic E-state index is 0.0875. The third kappa shape index (κ3) is 2.96. The molecular formula is C15H26N2O. The third-order valence-electron chi connectivity index (χ3n) is 3.87. The molecule has 0 bridgehead atoms. The summed E-state index contributed by atoms with van der Waals surface area (Å²) in [5.41, 5.74) is 6.58. The van der Waals surface area contributed by atoms with Crippen molar-refractivity contribution in [2.75, 3.05) is 13.1 Å². The zero-order chi connectivity index (χ0) is 13.3. The summed E-state index contributed by atoms with van der Waals surface area (Å²) >= 11 is 0. The molecule has 102 valence electrons. The zero-order valence-electron chi connectivity index (χ0n) is 12.1. The maximum Gasteiger partial charge on any atom is 0.122 e. The van der Waals surface area contributed by atoms with E-state index in [1.54, 1.807) is 0 Å². The Balaban J connectivity index is 2.20. The molecule has 2 unspecified atom stereocenters. The Hall–Kier alpha value is -0.800. The lowest BCUT2D eigenvalue weighted by Crippen LogP contribution is -2.47. The fourth-order valence-corrected chi connectivity index (χ4v) is 3.09. The molecule has 2 atom stereocenters. The lowest BCUT2D eigenvalue weighted by Gasteiger charge is -2.42. The SMILES string of the molecule is Cc1ccc(C(C(C)N)N2CCCC(C)(C)C2)o1. The highest BCUT2D eigenvalue weighted by Crippen LogP contribution is 2.35. The molecule has 0 saturated carbocycles. The van der Waals surface area contributed by atoms with Gasteiger partial charge in [0.05, 0.1) is 6.04 Å². The van der Waals surface area contributed by atoms with E-state index in [2.05, 4.69) is 31.7 Å². The van der Waals surface area contributed by atoms with Crippen LogP contribution >= 0.6 is 0 Å². The van der Waals surface area contributed by atoms with Gasteiger partial charge in [0.2, 0.25) is 0 Å². The zero-order valence-corrected chi connectivity index (χ0v) is 12.1. The maximum absolute atomic E-state index is 6.20. The maximum atomic E-state index is 6.20. The van der Waals surface area contributed by atoms with E-state index in [1.807, 2.05) is 13.0 Å². The molecule has 3 nitrogen and oxygen atoms in total. The number of hydrogen-bond acceptors (Lipinski definition) is 3. The van der Waals surface area contributed by atoms with Crippen LogP contribution in [0, 0.1) is 12.3 Å². The van der Waals surface area contributed by atoms with Gasteiger partial charge < -0.3 is 10.2 Å². The minimum Gasteiger partial charge on any atom is -0.465 e. The summed E-state index contributed by atoms with van der Waals surface area (Å²) in [5.74, 6) is 1.98. The Bertz CT molecular complexity index is 395. The van der Waals surface area contributed by atoms with Crippen LogP contribution in [-0.2, 0) is 0 Å². The van der Waals surface area contributed by atoms with Crippen molar-refractivity contribution in [1.82, 2.24) is 4.90 Å². The van der Waals surface area contributed by atoms with Crippen LogP contribution in [0.1, 0.15) is 51.2 Å². The molecule has 1 aliphatic heterocycles. The molecule has 1 aliphatic rings. The summed E-state index contributed by atoms with van der Waals surface area (Å²) in [5, 5.41) is 0. The highest BCUT2D eigenvalue weighted by molar-refractivity contribution is 5.12. The van der Waals surface area contributed by atoms with E-state index in [1.165, 1.54) is 12.8 Å². The third-order valence-corrected chi connectivity index (χ3v) is 3.87. The first kappa shape index (κ1) is 13.6. The highest BCUT2D eigenvalue weighted by Gasteiger charge is 2.34. The van der Waals surface area contributed by atoms with Crippen molar-refractivity contribution in [3.8, 4) is 0 Å². The first-order chi connectivity index (χ1) is 8.39.